The molecule has 2 rings (SSSR count). The zero-order valence-corrected chi connectivity index (χ0v) is 13.2. The van der Waals surface area contributed by atoms with Gasteiger partial charge in [-0.25, -0.2) is 9.37 Å². The van der Waals surface area contributed by atoms with Gasteiger partial charge in [-0.15, -0.1) is 0 Å². The molecule has 23 heavy (non-hydrogen) atoms. The summed E-state index contributed by atoms with van der Waals surface area (Å²) in [7, 11) is 0. The molecular formula is C19H22FNO2. The number of aromatic nitrogens is 1. The van der Waals surface area contributed by atoms with E-state index in [1.807, 2.05) is 36.4 Å². The molecule has 0 saturated heterocycles. The molecule has 0 atom stereocenters. The maximum atomic E-state index is 12.5. The van der Waals surface area contributed by atoms with Crippen LogP contribution < -0.4 is 4.74 Å². The molecule has 0 amide bonds. The second-order valence-corrected chi connectivity index (χ2v) is 5.45. The molecule has 122 valence electrons. The Morgan fingerprint density at radius 3 is 2.70 bits per heavy atom. The fraction of sp³-hybridized carbons (Fsp3) is 0.368. The van der Waals surface area contributed by atoms with E-state index >= 15 is 0 Å². The van der Waals surface area contributed by atoms with Crippen LogP contribution in [0.1, 0.15) is 38.5 Å². The summed E-state index contributed by atoms with van der Waals surface area (Å²) in [6.07, 6.45) is 7.32. The number of pyridine rings is 1. The van der Waals surface area contributed by atoms with Crippen LogP contribution in [-0.4, -0.2) is 17.9 Å². The SMILES string of the molecule is O=CC(F)=CCCCCCCCOc1ccc2ccccc2n1. The monoisotopic (exact) mass is 315 g/mol. The molecule has 0 spiro atoms. The van der Waals surface area contributed by atoms with Crippen molar-refractivity contribution in [2.45, 2.75) is 38.5 Å². The Bertz CT molecular complexity index is 655. The third-order valence-electron chi connectivity index (χ3n) is 3.62. The van der Waals surface area contributed by atoms with Crippen LogP contribution in [0.4, 0.5) is 4.39 Å². The first-order chi connectivity index (χ1) is 11.3. The van der Waals surface area contributed by atoms with Gasteiger partial charge in [0.1, 0.15) is 0 Å². The summed E-state index contributed by atoms with van der Waals surface area (Å²) in [5.74, 6) is -0.000500. The summed E-state index contributed by atoms with van der Waals surface area (Å²) in [6, 6.07) is 11.9. The maximum Gasteiger partial charge on any atom is 0.213 e. The summed E-state index contributed by atoms with van der Waals surface area (Å²) in [5, 5.41) is 1.11. The Morgan fingerprint density at radius 1 is 1.04 bits per heavy atom. The van der Waals surface area contributed by atoms with Gasteiger partial charge in [-0.1, -0.05) is 37.5 Å². The fourth-order valence-corrected chi connectivity index (χ4v) is 2.37. The number of fused-ring (bicyclic) bond motifs is 1. The number of allylic oxidation sites excluding steroid dienone is 2. The molecule has 3 nitrogen and oxygen atoms in total. The Hall–Kier alpha value is -2.23. The number of benzene rings is 1. The van der Waals surface area contributed by atoms with Gasteiger partial charge in [0.25, 0.3) is 0 Å². The lowest BCUT2D eigenvalue weighted by Crippen LogP contribution is -1.99. The van der Waals surface area contributed by atoms with E-state index in [4.69, 9.17) is 4.74 Å². The minimum Gasteiger partial charge on any atom is -0.478 e. The minimum atomic E-state index is -0.665. The number of rotatable bonds is 10. The zero-order chi connectivity index (χ0) is 16.3. The van der Waals surface area contributed by atoms with Crippen molar-refractivity contribution in [2.75, 3.05) is 6.61 Å². The number of nitrogens with zero attached hydrogens (tertiary/aromatic N) is 1. The van der Waals surface area contributed by atoms with Crippen molar-refractivity contribution in [3.05, 3.63) is 48.3 Å². The average molecular weight is 315 g/mol. The largest absolute Gasteiger partial charge is 0.478 e. The van der Waals surface area contributed by atoms with Gasteiger partial charge in [0, 0.05) is 11.5 Å². The van der Waals surface area contributed by atoms with Gasteiger partial charge in [0.15, 0.2) is 12.1 Å². The molecule has 0 aliphatic carbocycles. The molecule has 0 N–H and O–H groups in total. The van der Waals surface area contributed by atoms with Crippen LogP contribution in [0.3, 0.4) is 0 Å². The lowest BCUT2D eigenvalue weighted by atomic mass is 10.1. The number of unbranched alkanes of at least 4 members (excludes halogenated alkanes) is 5. The molecule has 1 aromatic carbocycles. The van der Waals surface area contributed by atoms with Crippen LogP contribution in [0.25, 0.3) is 10.9 Å². The number of aldehydes is 1. The van der Waals surface area contributed by atoms with Crippen LogP contribution in [0.15, 0.2) is 48.3 Å². The first-order valence-electron chi connectivity index (χ1n) is 8.09. The number of halogens is 1. The second kappa shape index (κ2) is 9.72. The highest BCUT2D eigenvalue weighted by atomic mass is 19.1. The third kappa shape index (κ3) is 6.19. The van der Waals surface area contributed by atoms with Crippen LogP contribution >= 0.6 is 0 Å². The van der Waals surface area contributed by atoms with Crippen molar-refractivity contribution in [3.8, 4) is 5.88 Å². The number of carbonyl (C=O) groups excluding carboxylic acids is 1. The van der Waals surface area contributed by atoms with Crippen LogP contribution in [0.5, 0.6) is 5.88 Å². The molecular weight excluding hydrogens is 293 g/mol. The Labute approximate surface area is 136 Å². The van der Waals surface area contributed by atoms with E-state index in [2.05, 4.69) is 4.98 Å². The summed E-state index contributed by atoms with van der Waals surface area (Å²) >= 11 is 0. The van der Waals surface area contributed by atoms with Gasteiger partial charge in [-0.05, 0) is 37.5 Å². The lowest BCUT2D eigenvalue weighted by Gasteiger charge is -2.06. The first-order valence-corrected chi connectivity index (χ1v) is 8.09. The van der Waals surface area contributed by atoms with Gasteiger partial charge >= 0.3 is 0 Å². The molecule has 2 aromatic rings. The molecule has 0 unspecified atom stereocenters. The first kappa shape index (κ1) is 17.1. The van der Waals surface area contributed by atoms with Crippen molar-refractivity contribution in [2.24, 2.45) is 0 Å². The average Bonchev–Trinajstić information content (AvgIpc) is 2.59. The number of ether oxygens (including phenoxy) is 1. The van der Waals surface area contributed by atoms with Gasteiger partial charge < -0.3 is 4.74 Å². The molecule has 0 aliphatic rings. The molecule has 4 heteroatoms. The predicted molar refractivity (Wildman–Crippen MR) is 90.2 cm³/mol. The Balaban J connectivity index is 1.57. The summed E-state index contributed by atoms with van der Waals surface area (Å²) < 4.78 is 18.2. The summed E-state index contributed by atoms with van der Waals surface area (Å²) in [5.41, 5.74) is 0.945. The van der Waals surface area contributed by atoms with E-state index in [0.29, 0.717) is 18.9 Å². The molecule has 0 fully saturated rings. The van der Waals surface area contributed by atoms with Crippen molar-refractivity contribution in [1.82, 2.24) is 4.98 Å². The molecule has 1 heterocycles. The fourth-order valence-electron chi connectivity index (χ4n) is 2.37. The molecule has 0 saturated carbocycles. The van der Waals surface area contributed by atoms with E-state index in [-0.39, 0.29) is 6.29 Å². The Morgan fingerprint density at radius 2 is 1.83 bits per heavy atom. The van der Waals surface area contributed by atoms with Crippen molar-refractivity contribution < 1.29 is 13.9 Å². The molecule has 1 aromatic heterocycles. The van der Waals surface area contributed by atoms with Gasteiger partial charge in [-0.2, -0.15) is 0 Å². The van der Waals surface area contributed by atoms with E-state index < -0.39 is 5.83 Å². The zero-order valence-electron chi connectivity index (χ0n) is 13.2. The Kier molecular flexibility index (Phi) is 7.24. The van der Waals surface area contributed by atoms with Gasteiger partial charge in [0.2, 0.25) is 5.88 Å². The van der Waals surface area contributed by atoms with Crippen molar-refractivity contribution >= 4 is 17.2 Å². The minimum absolute atomic E-state index is 0.248. The van der Waals surface area contributed by atoms with E-state index in [1.165, 1.54) is 6.08 Å². The second-order valence-electron chi connectivity index (χ2n) is 5.45. The predicted octanol–water partition coefficient (Wildman–Crippen LogP) is 5.01. The number of para-hydroxylation sites is 1. The van der Waals surface area contributed by atoms with Gasteiger partial charge in [0.05, 0.1) is 12.1 Å². The molecule has 0 radical (unpaired) electrons. The summed E-state index contributed by atoms with van der Waals surface area (Å²) in [6.45, 7) is 0.658. The molecule has 0 aliphatic heterocycles. The smallest absolute Gasteiger partial charge is 0.213 e. The normalized spacial score (nSPS) is 11.6. The highest BCUT2D eigenvalue weighted by molar-refractivity contribution is 5.78. The molecule has 0 bridgehead atoms. The van der Waals surface area contributed by atoms with E-state index in [1.54, 1.807) is 0 Å². The third-order valence-corrected chi connectivity index (χ3v) is 3.62. The highest BCUT2D eigenvalue weighted by Gasteiger charge is 1.99. The van der Waals surface area contributed by atoms with Crippen LogP contribution in [0, 0.1) is 0 Å². The number of hydrogen-bond donors (Lipinski definition) is 0. The quantitative estimate of drug-likeness (QED) is 0.351. The number of hydrogen-bond acceptors (Lipinski definition) is 3. The summed E-state index contributed by atoms with van der Waals surface area (Å²) in [4.78, 5) is 14.5. The van der Waals surface area contributed by atoms with Crippen LogP contribution in [-0.2, 0) is 4.79 Å². The van der Waals surface area contributed by atoms with Crippen molar-refractivity contribution in [1.29, 1.82) is 0 Å². The van der Waals surface area contributed by atoms with Crippen molar-refractivity contribution in [3.63, 3.8) is 0 Å². The van der Waals surface area contributed by atoms with E-state index in [0.717, 1.165) is 43.0 Å². The van der Waals surface area contributed by atoms with E-state index in [9.17, 15) is 9.18 Å². The maximum absolute atomic E-state index is 12.5. The lowest BCUT2D eigenvalue weighted by molar-refractivity contribution is -0.106. The standard InChI is InChI=1S/C19H22FNO2/c20-17(15-22)10-5-3-1-2-4-8-14-23-19-13-12-16-9-6-7-11-18(16)21-19/h6-7,9-13,15H,1-5,8,14H2. The van der Waals surface area contributed by atoms with Crippen LogP contribution in [0.2, 0.25) is 0 Å². The topological polar surface area (TPSA) is 39.2 Å². The number of carbonyl (C=O) groups is 1. The van der Waals surface area contributed by atoms with Gasteiger partial charge in [-0.3, -0.25) is 4.79 Å². The highest BCUT2D eigenvalue weighted by Crippen LogP contribution is 2.16.